The van der Waals surface area contributed by atoms with Crippen molar-refractivity contribution in [3.63, 3.8) is 0 Å². The molecule has 4 heteroatoms. The van der Waals surface area contributed by atoms with Gasteiger partial charge >= 0.3 is 7.05 Å². The summed E-state index contributed by atoms with van der Waals surface area (Å²) in [5.74, 6) is 0.727. The molecule has 1 aromatic carbocycles. The monoisotopic (exact) mass is 302 g/mol. The number of benzene rings is 1. The van der Waals surface area contributed by atoms with Gasteiger partial charge in [-0.15, -0.1) is 0 Å². The maximum Gasteiger partial charge on any atom is 0.376 e. The molecule has 0 spiro atoms. The predicted molar refractivity (Wildman–Crippen MR) is 96.4 cm³/mol. The molecule has 1 aliphatic heterocycles. The number of aryl methyl sites for hydroxylation is 1. The molecule has 0 bridgehead atoms. The lowest BCUT2D eigenvalue weighted by molar-refractivity contribution is 0.281. The molecule has 122 valence electrons. The van der Waals surface area contributed by atoms with E-state index >= 15 is 0 Å². The Balaban J connectivity index is 2.06. The highest BCUT2D eigenvalue weighted by atomic mass is 16.2. The molecule has 0 saturated carbocycles. The van der Waals surface area contributed by atoms with E-state index in [1.165, 1.54) is 17.7 Å². The lowest BCUT2D eigenvalue weighted by Gasteiger charge is -2.40. The first-order valence-electron chi connectivity index (χ1n) is 8.73. The summed E-state index contributed by atoms with van der Waals surface area (Å²) in [6, 6.07) is 9.54. The summed E-state index contributed by atoms with van der Waals surface area (Å²) in [6.07, 6.45) is 3.50. The van der Waals surface area contributed by atoms with Crippen molar-refractivity contribution in [3.05, 3.63) is 29.8 Å². The first kappa shape index (κ1) is 17.4. The standard InChI is InChI=1S/C18H31BN2O/c1-15(2)9-14-21(17-7-5-16(3)6-8-17)18-10-12-20(13-11-18)19(4)22/h5-8,15,18,22H,9-14H2,1-4H3. The highest BCUT2D eigenvalue weighted by Gasteiger charge is 2.27. The Morgan fingerprint density at radius 3 is 2.32 bits per heavy atom. The van der Waals surface area contributed by atoms with Gasteiger partial charge in [-0.3, -0.25) is 0 Å². The number of rotatable bonds is 6. The van der Waals surface area contributed by atoms with Crippen LogP contribution in [0.2, 0.25) is 6.82 Å². The molecule has 0 atom stereocenters. The zero-order valence-electron chi connectivity index (χ0n) is 14.6. The van der Waals surface area contributed by atoms with Crippen molar-refractivity contribution in [3.8, 4) is 0 Å². The summed E-state index contributed by atoms with van der Waals surface area (Å²) in [5, 5.41) is 9.74. The summed E-state index contributed by atoms with van der Waals surface area (Å²) >= 11 is 0. The molecular formula is C18H31BN2O. The average Bonchev–Trinajstić information content (AvgIpc) is 2.49. The fourth-order valence-electron chi connectivity index (χ4n) is 3.23. The van der Waals surface area contributed by atoms with E-state index in [9.17, 15) is 5.02 Å². The molecule has 0 radical (unpaired) electrons. The second kappa shape index (κ2) is 8.03. The molecule has 1 aliphatic rings. The number of hydrogen-bond acceptors (Lipinski definition) is 3. The minimum atomic E-state index is -0.315. The Kier molecular flexibility index (Phi) is 6.33. The highest BCUT2D eigenvalue weighted by molar-refractivity contribution is 6.45. The van der Waals surface area contributed by atoms with Gasteiger partial charge in [0.05, 0.1) is 0 Å². The van der Waals surface area contributed by atoms with Crippen LogP contribution in [-0.2, 0) is 0 Å². The maximum atomic E-state index is 9.74. The quantitative estimate of drug-likeness (QED) is 0.816. The molecule has 0 aliphatic carbocycles. The minimum Gasteiger partial charge on any atom is -0.437 e. The number of anilines is 1. The van der Waals surface area contributed by atoms with E-state index in [4.69, 9.17) is 0 Å². The van der Waals surface area contributed by atoms with Crippen LogP contribution in [0.25, 0.3) is 0 Å². The van der Waals surface area contributed by atoms with Gasteiger partial charge in [0.2, 0.25) is 0 Å². The summed E-state index contributed by atoms with van der Waals surface area (Å²) in [7, 11) is -0.315. The van der Waals surface area contributed by atoms with Crippen LogP contribution in [0.1, 0.15) is 38.7 Å². The lowest BCUT2D eigenvalue weighted by atomic mass is 9.82. The van der Waals surface area contributed by atoms with E-state index < -0.39 is 0 Å². The van der Waals surface area contributed by atoms with Crippen LogP contribution in [0.15, 0.2) is 24.3 Å². The van der Waals surface area contributed by atoms with Crippen LogP contribution in [0.3, 0.4) is 0 Å². The second-order valence-electron chi connectivity index (χ2n) is 7.11. The molecule has 0 amide bonds. The fraction of sp³-hybridized carbons (Fsp3) is 0.667. The molecule has 1 fully saturated rings. The summed E-state index contributed by atoms with van der Waals surface area (Å²) in [6.45, 7) is 11.7. The van der Waals surface area contributed by atoms with Crippen molar-refractivity contribution in [2.75, 3.05) is 24.5 Å². The van der Waals surface area contributed by atoms with Crippen molar-refractivity contribution in [1.82, 2.24) is 4.81 Å². The van der Waals surface area contributed by atoms with Gasteiger partial charge in [-0.1, -0.05) is 31.5 Å². The molecule has 2 rings (SSSR count). The smallest absolute Gasteiger partial charge is 0.376 e. The molecule has 1 heterocycles. The SMILES string of the molecule is CB(O)N1CCC(N(CCC(C)C)c2ccc(C)cc2)CC1. The van der Waals surface area contributed by atoms with Gasteiger partial charge in [-0.05, 0) is 64.1 Å². The average molecular weight is 302 g/mol. The Morgan fingerprint density at radius 2 is 1.82 bits per heavy atom. The predicted octanol–water partition coefficient (Wildman–Crippen LogP) is 3.42. The third kappa shape index (κ3) is 4.75. The largest absolute Gasteiger partial charge is 0.437 e. The number of hydrogen-bond donors (Lipinski definition) is 1. The zero-order chi connectivity index (χ0) is 16.1. The Morgan fingerprint density at radius 1 is 1.23 bits per heavy atom. The molecule has 22 heavy (non-hydrogen) atoms. The van der Waals surface area contributed by atoms with E-state index in [1.807, 2.05) is 6.82 Å². The first-order valence-corrected chi connectivity index (χ1v) is 8.73. The van der Waals surface area contributed by atoms with Crippen molar-refractivity contribution in [2.45, 2.75) is 52.9 Å². The Bertz CT molecular complexity index is 439. The summed E-state index contributed by atoms with van der Waals surface area (Å²) in [4.78, 5) is 4.77. The van der Waals surface area contributed by atoms with Gasteiger partial charge in [-0.25, -0.2) is 0 Å². The molecule has 3 nitrogen and oxygen atoms in total. The van der Waals surface area contributed by atoms with Gasteiger partial charge in [-0.2, -0.15) is 0 Å². The van der Waals surface area contributed by atoms with Crippen molar-refractivity contribution in [1.29, 1.82) is 0 Å². The van der Waals surface area contributed by atoms with E-state index in [-0.39, 0.29) is 7.05 Å². The van der Waals surface area contributed by atoms with Gasteiger partial charge < -0.3 is 14.7 Å². The van der Waals surface area contributed by atoms with Crippen molar-refractivity contribution in [2.24, 2.45) is 5.92 Å². The Labute approximate surface area is 136 Å². The van der Waals surface area contributed by atoms with Crippen LogP contribution < -0.4 is 4.90 Å². The maximum absolute atomic E-state index is 9.74. The van der Waals surface area contributed by atoms with Crippen LogP contribution in [0, 0.1) is 12.8 Å². The Hall–Kier alpha value is -0.995. The highest BCUT2D eigenvalue weighted by Crippen LogP contribution is 2.25. The first-order chi connectivity index (χ1) is 10.5. The third-order valence-corrected chi connectivity index (χ3v) is 4.78. The van der Waals surface area contributed by atoms with Gasteiger partial charge in [0.15, 0.2) is 0 Å². The molecular weight excluding hydrogens is 271 g/mol. The van der Waals surface area contributed by atoms with Crippen LogP contribution in [-0.4, -0.2) is 42.6 Å². The molecule has 0 aromatic heterocycles. The minimum absolute atomic E-state index is 0.315. The van der Waals surface area contributed by atoms with Crippen LogP contribution in [0.5, 0.6) is 0 Å². The summed E-state index contributed by atoms with van der Waals surface area (Å²) in [5.41, 5.74) is 2.67. The normalized spacial score (nSPS) is 17.0. The number of nitrogens with zero attached hydrogens (tertiary/aromatic N) is 2. The van der Waals surface area contributed by atoms with Crippen molar-refractivity contribution < 1.29 is 5.02 Å². The fourth-order valence-corrected chi connectivity index (χ4v) is 3.23. The molecule has 1 N–H and O–H groups in total. The van der Waals surface area contributed by atoms with Gasteiger partial charge in [0.25, 0.3) is 0 Å². The van der Waals surface area contributed by atoms with Crippen molar-refractivity contribution >= 4 is 12.7 Å². The van der Waals surface area contributed by atoms with Gasteiger partial charge in [0, 0.05) is 18.3 Å². The number of piperidine rings is 1. The molecule has 0 unspecified atom stereocenters. The van der Waals surface area contributed by atoms with E-state index in [1.54, 1.807) is 0 Å². The summed E-state index contributed by atoms with van der Waals surface area (Å²) < 4.78 is 0. The van der Waals surface area contributed by atoms with E-state index in [0.717, 1.165) is 38.4 Å². The molecule has 1 saturated heterocycles. The topological polar surface area (TPSA) is 26.7 Å². The molecule has 1 aromatic rings. The van der Waals surface area contributed by atoms with E-state index in [2.05, 4.69) is 54.7 Å². The van der Waals surface area contributed by atoms with Crippen LogP contribution >= 0.6 is 0 Å². The lowest BCUT2D eigenvalue weighted by Crippen LogP contribution is -2.49. The van der Waals surface area contributed by atoms with Gasteiger partial charge in [0.1, 0.15) is 0 Å². The van der Waals surface area contributed by atoms with Crippen LogP contribution in [0.4, 0.5) is 5.69 Å². The zero-order valence-corrected chi connectivity index (χ0v) is 14.6. The second-order valence-corrected chi connectivity index (χ2v) is 7.11. The third-order valence-electron chi connectivity index (χ3n) is 4.78. The van der Waals surface area contributed by atoms with E-state index in [0.29, 0.717) is 6.04 Å².